The first-order valence-electron chi connectivity index (χ1n) is 3.19. The summed E-state index contributed by atoms with van der Waals surface area (Å²) in [5.74, 6) is -2.75. The maximum absolute atomic E-state index is 10.3. The summed E-state index contributed by atoms with van der Waals surface area (Å²) in [5.41, 5.74) is 0. The van der Waals surface area contributed by atoms with Crippen molar-refractivity contribution in [1.29, 1.82) is 0 Å². The number of carbonyl (C=O) groups excluding carboxylic acids is 1. The molecule has 0 atom stereocenters. The van der Waals surface area contributed by atoms with Gasteiger partial charge in [-0.2, -0.15) is 0 Å². The Balaban J connectivity index is 3.31. The normalized spacial score (nSPS) is 8.73. The Morgan fingerprint density at radius 1 is 1.55 bits per heavy atom. The lowest BCUT2D eigenvalue weighted by molar-refractivity contribution is -0.163. The van der Waals surface area contributed by atoms with Gasteiger partial charge in [-0.1, -0.05) is 6.08 Å². The van der Waals surface area contributed by atoms with Crippen LogP contribution in [0.25, 0.3) is 0 Å². The van der Waals surface area contributed by atoms with Crippen LogP contribution in [0, 0.1) is 0 Å². The molecule has 0 saturated carbocycles. The molecule has 1 N–H and O–H groups in total. The Morgan fingerprint density at radius 3 is 2.64 bits per heavy atom. The molecule has 0 aromatic carbocycles. The highest BCUT2D eigenvalue weighted by Crippen LogP contribution is 1.90. The number of unbranched alkanes of at least 4 members (excludes halogenated alkanes) is 1. The van der Waals surface area contributed by atoms with E-state index >= 15 is 0 Å². The van der Waals surface area contributed by atoms with Crippen LogP contribution in [0.15, 0.2) is 12.7 Å². The minimum atomic E-state index is -1.55. The number of ether oxygens (including phenoxy) is 1. The third-order valence-corrected chi connectivity index (χ3v) is 0.960. The van der Waals surface area contributed by atoms with E-state index in [1.54, 1.807) is 6.08 Å². The fourth-order valence-electron chi connectivity index (χ4n) is 0.454. The summed E-state index contributed by atoms with van der Waals surface area (Å²) in [5, 5.41) is 8.04. The fraction of sp³-hybridized carbons (Fsp3) is 0.429. The molecule has 0 saturated heterocycles. The van der Waals surface area contributed by atoms with E-state index in [0.717, 1.165) is 0 Å². The molecule has 0 aliphatic carbocycles. The van der Waals surface area contributed by atoms with E-state index in [1.165, 1.54) is 0 Å². The van der Waals surface area contributed by atoms with Crippen LogP contribution in [-0.2, 0) is 14.3 Å². The SMILES string of the molecule is C=CCCCOC(=O)C(=O)O. The van der Waals surface area contributed by atoms with E-state index < -0.39 is 11.9 Å². The number of aliphatic carboxylic acids is 1. The van der Waals surface area contributed by atoms with Crippen LogP contribution in [0.2, 0.25) is 0 Å². The van der Waals surface area contributed by atoms with Gasteiger partial charge in [-0.15, -0.1) is 6.58 Å². The molecule has 0 aromatic rings. The van der Waals surface area contributed by atoms with Crippen molar-refractivity contribution in [1.82, 2.24) is 0 Å². The van der Waals surface area contributed by atoms with Gasteiger partial charge in [0, 0.05) is 0 Å². The summed E-state index contributed by atoms with van der Waals surface area (Å²) >= 11 is 0. The second-order valence-electron chi connectivity index (χ2n) is 1.87. The first-order chi connectivity index (χ1) is 5.18. The molecular formula is C7H10O4. The van der Waals surface area contributed by atoms with Crippen molar-refractivity contribution < 1.29 is 19.4 Å². The zero-order valence-corrected chi connectivity index (χ0v) is 6.08. The maximum Gasteiger partial charge on any atom is 0.417 e. The van der Waals surface area contributed by atoms with Gasteiger partial charge in [-0.3, -0.25) is 0 Å². The zero-order chi connectivity index (χ0) is 8.69. The first kappa shape index (κ1) is 9.68. The first-order valence-corrected chi connectivity index (χ1v) is 3.19. The van der Waals surface area contributed by atoms with Crippen LogP contribution in [0.1, 0.15) is 12.8 Å². The Kier molecular flexibility index (Phi) is 4.81. The van der Waals surface area contributed by atoms with Gasteiger partial charge in [0.15, 0.2) is 0 Å². The van der Waals surface area contributed by atoms with E-state index in [4.69, 9.17) is 5.11 Å². The van der Waals surface area contributed by atoms with Gasteiger partial charge in [0.25, 0.3) is 0 Å². The van der Waals surface area contributed by atoms with Crippen LogP contribution in [0.4, 0.5) is 0 Å². The molecule has 0 heterocycles. The minimum Gasteiger partial charge on any atom is -0.473 e. The molecular weight excluding hydrogens is 148 g/mol. The maximum atomic E-state index is 10.3. The molecule has 0 bridgehead atoms. The van der Waals surface area contributed by atoms with Crippen LogP contribution >= 0.6 is 0 Å². The second kappa shape index (κ2) is 5.46. The van der Waals surface area contributed by atoms with Gasteiger partial charge < -0.3 is 9.84 Å². The summed E-state index contributed by atoms with van der Waals surface area (Å²) in [6.45, 7) is 3.59. The highest BCUT2D eigenvalue weighted by atomic mass is 16.6. The van der Waals surface area contributed by atoms with E-state index in [-0.39, 0.29) is 6.61 Å². The average Bonchev–Trinajstić information content (AvgIpc) is 1.97. The van der Waals surface area contributed by atoms with Gasteiger partial charge in [0.05, 0.1) is 6.61 Å². The van der Waals surface area contributed by atoms with E-state index in [1.807, 2.05) is 0 Å². The lowest BCUT2D eigenvalue weighted by Gasteiger charge is -1.97. The van der Waals surface area contributed by atoms with Crippen molar-refractivity contribution in [2.75, 3.05) is 6.61 Å². The molecule has 4 nitrogen and oxygen atoms in total. The smallest absolute Gasteiger partial charge is 0.417 e. The van der Waals surface area contributed by atoms with Gasteiger partial charge in [0.2, 0.25) is 0 Å². The lowest BCUT2D eigenvalue weighted by atomic mass is 10.3. The summed E-state index contributed by atoms with van der Waals surface area (Å²) in [7, 11) is 0. The Hall–Kier alpha value is -1.32. The summed E-state index contributed by atoms with van der Waals surface area (Å²) in [6.07, 6.45) is 3.00. The number of allylic oxidation sites excluding steroid dienone is 1. The van der Waals surface area contributed by atoms with Gasteiger partial charge in [-0.25, -0.2) is 9.59 Å². The molecule has 0 amide bonds. The van der Waals surface area contributed by atoms with Crippen molar-refractivity contribution >= 4 is 11.9 Å². The molecule has 0 radical (unpaired) electrons. The molecule has 0 rings (SSSR count). The van der Waals surface area contributed by atoms with Crippen molar-refractivity contribution in [2.24, 2.45) is 0 Å². The van der Waals surface area contributed by atoms with Crippen molar-refractivity contribution in [3.05, 3.63) is 12.7 Å². The molecule has 0 aromatic heterocycles. The zero-order valence-electron chi connectivity index (χ0n) is 6.08. The fourth-order valence-corrected chi connectivity index (χ4v) is 0.454. The highest BCUT2D eigenvalue weighted by Gasteiger charge is 2.11. The quantitative estimate of drug-likeness (QED) is 0.281. The largest absolute Gasteiger partial charge is 0.473 e. The van der Waals surface area contributed by atoms with Crippen LogP contribution in [0.3, 0.4) is 0 Å². The van der Waals surface area contributed by atoms with Crippen LogP contribution in [-0.4, -0.2) is 23.7 Å². The minimum absolute atomic E-state index is 0.136. The van der Waals surface area contributed by atoms with Crippen LogP contribution < -0.4 is 0 Å². The summed E-state index contributed by atoms with van der Waals surface area (Å²) < 4.78 is 4.32. The van der Waals surface area contributed by atoms with E-state index in [9.17, 15) is 9.59 Å². The Labute approximate surface area is 64.5 Å². The molecule has 4 heteroatoms. The van der Waals surface area contributed by atoms with E-state index in [2.05, 4.69) is 11.3 Å². The molecule has 11 heavy (non-hydrogen) atoms. The predicted molar refractivity (Wildman–Crippen MR) is 38.0 cm³/mol. The molecule has 0 fully saturated rings. The summed E-state index contributed by atoms with van der Waals surface area (Å²) in [6, 6.07) is 0. The van der Waals surface area contributed by atoms with Crippen molar-refractivity contribution in [3.8, 4) is 0 Å². The number of carbonyl (C=O) groups is 2. The van der Waals surface area contributed by atoms with Gasteiger partial charge >= 0.3 is 11.9 Å². The van der Waals surface area contributed by atoms with Crippen molar-refractivity contribution in [2.45, 2.75) is 12.8 Å². The van der Waals surface area contributed by atoms with E-state index in [0.29, 0.717) is 12.8 Å². The number of carboxylic acid groups (broad SMARTS) is 1. The van der Waals surface area contributed by atoms with Crippen molar-refractivity contribution in [3.63, 3.8) is 0 Å². The van der Waals surface area contributed by atoms with Gasteiger partial charge in [0.1, 0.15) is 0 Å². The number of esters is 1. The predicted octanol–water partition coefficient (Wildman–Crippen LogP) is 0.580. The number of rotatable bonds is 4. The topological polar surface area (TPSA) is 63.6 Å². The third-order valence-electron chi connectivity index (χ3n) is 0.960. The van der Waals surface area contributed by atoms with Gasteiger partial charge in [-0.05, 0) is 12.8 Å². The lowest BCUT2D eigenvalue weighted by Crippen LogP contribution is -2.16. The summed E-state index contributed by atoms with van der Waals surface area (Å²) in [4.78, 5) is 20.1. The van der Waals surface area contributed by atoms with Crippen LogP contribution in [0.5, 0.6) is 0 Å². The Morgan fingerprint density at radius 2 is 2.18 bits per heavy atom. The number of hydrogen-bond donors (Lipinski definition) is 1. The molecule has 62 valence electrons. The monoisotopic (exact) mass is 158 g/mol. The average molecular weight is 158 g/mol. The molecule has 0 aliphatic heterocycles. The number of hydrogen-bond acceptors (Lipinski definition) is 3. The standard InChI is InChI=1S/C7H10O4/c1-2-3-4-5-11-7(10)6(8)9/h2H,1,3-5H2,(H,8,9). The second-order valence-corrected chi connectivity index (χ2v) is 1.87. The molecule has 0 aliphatic rings. The molecule has 0 spiro atoms. The third kappa shape index (κ3) is 5.14. The Bertz CT molecular complexity index is 162. The highest BCUT2D eigenvalue weighted by molar-refractivity contribution is 6.28. The number of carboxylic acids is 1. The molecule has 0 unspecified atom stereocenters.